The van der Waals surface area contributed by atoms with Crippen LogP contribution in [0.1, 0.15) is 64.0 Å². The lowest BCUT2D eigenvalue weighted by molar-refractivity contribution is -0.119. The molecule has 1 aliphatic carbocycles. The van der Waals surface area contributed by atoms with Crippen LogP contribution in [-0.2, 0) is 16.6 Å². The summed E-state index contributed by atoms with van der Waals surface area (Å²) < 4.78 is 0. The largest absolute Gasteiger partial charge is 0.325 e. The number of rotatable bonds is 4. The zero-order chi connectivity index (χ0) is 14.8. The molecular formula is C18H27NO. The number of Topliss-reactive ketones (excluding diaryl/α,β-unsaturated/α-hetero) is 1. The Kier molecular flexibility index (Phi) is 4.33. The highest BCUT2D eigenvalue weighted by Crippen LogP contribution is 2.30. The van der Waals surface area contributed by atoms with Gasteiger partial charge in [0, 0.05) is 18.4 Å². The van der Waals surface area contributed by atoms with Crippen molar-refractivity contribution in [2.45, 2.75) is 70.3 Å². The molecule has 1 aromatic carbocycles. The summed E-state index contributed by atoms with van der Waals surface area (Å²) in [5.74, 6) is 0.276. The van der Waals surface area contributed by atoms with E-state index in [1.165, 1.54) is 18.4 Å². The van der Waals surface area contributed by atoms with E-state index < -0.39 is 0 Å². The van der Waals surface area contributed by atoms with E-state index in [0.29, 0.717) is 12.8 Å². The molecule has 0 saturated heterocycles. The van der Waals surface area contributed by atoms with Gasteiger partial charge in [-0.3, -0.25) is 4.79 Å². The van der Waals surface area contributed by atoms with Gasteiger partial charge in [0.15, 0.2) is 0 Å². The summed E-state index contributed by atoms with van der Waals surface area (Å²) in [5, 5.41) is 0. The van der Waals surface area contributed by atoms with Crippen LogP contribution >= 0.6 is 0 Å². The van der Waals surface area contributed by atoms with Gasteiger partial charge in [-0.25, -0.2) is 0 Å². The molecule has 2 rings (SSSR count). The highest BCUT2D eigenvalue weighted by molar-refractivity contribution is 5.82. The number of hydrogen-bond donors (Lipinski definition) is 1. The number of benzene rings is 1. The van der Waals surface area contributed by atoms with Crippen molar-refractivity contribution in [3.05, 3.63) is 35.4 Å². The zero-order valence-electron chi connectivity index (χ0n) is 13.0. The molecule has 0 radical (unpaired) electrons. The second-order valence-corrected chi connectivity index (χ2v) is 7.41. The fourth-order valence-corrected chi connectivity index (χ4v) is 3.06. The smallest absolute Gasteiger partial charge is 0.139 e. The maximum atomic E-state index is 12.2. The van der Waals surface area contributed by atoms with Crippen molar-refractivity contribution in [2.24, 2.45) is 5.73 Å². The third-order valence-corrected chi connectivity index (χ3v) is 4.37. The van der Waals surface area contributed by atoms with Gasteiger partial charge in [0.2, 0.25) is 0 Å². The van der Waals surface area contributed by atoms with Crippen LogP contribution < -0.4 is 5.73 Å². The summed E-state index contributed by atoms with van der Waals surface area (Å²) in [5.41, 5.74) is 8.62. The predicted octanol–water partition coefficient (Wildman–Crippen LogP) is 3.76. The van der Waals surface area contributed by atoms with E-state index in [4.69, 9.17) is 5.73 Å². The lowest BCUT2D eigenvalue weighted by Crippen LogP contribution is -2.39. The van der Waals surface area contributed by atoms with Crippen LogP contribution in [0.4, 0.5) is 0 Å². The lowest BCUT2D eigenvalue weighted by Gasteiger charge is -2.22. The molecule has 2 N–H and O–H groups in total. The van der Waals surface area contributed by atoms with Gasteiger partial charge in [-0.15, -0.1) is 0 Å². The molecule has 1 saturated carbocycles. The Labute approximate surface area is 122 Å². The monoisotopic (exact) mass is 273 g/mol. The fraction of sp³-hybridized carbons (Fsp3) is 0.611. The molecule has 0 aromatic heterocycles. The normalized spacial score (nSPS) is 18.2. The number of carbonyl (C=O) groups excluding carboxylic acids is 1. The maximum Gasteiger partial charge on any atom is 0.139 e. The molecule has 1 aromatic rings. The summed E-state index contributed by atoms with van der Waals surface area (Å²) >= 11 is 0. The zero-order valence-corrected chi connectivity index (χ0v) is 13.0. The minimum Gasteiger partial charge on any atom is -0.325 e. The molecule has 20 heavy (non-hydrogen) atoms. The molecule has 0 aliphatic heterocycles. The van der Waals surface area contributed by atoms with Crippen LogP contribution in [0.15, 0.2) is 24.3 Å². The van der Waals surface area contributed by atoms with Crippen LogP contribution in [-0.4, -0.2) is 11.3 Å². The van der Waals surface area contributed by atoms with E-state index in [1.54, 1.807) is 0 Å². The van der Waals surface area contributed by atoms with E-state index in [-0.39, 0.29) is 16.7 Å². The quantitative estimate of drug-likeness (QED) is 0.907. The van der Waals surface area contributed by atoms with Crippen LogP contribution in [0.5, 0.6) is 0 Å². The Morgan fingerprint density at radius 3 is 2.20 bits per heavy atom. The SMILES string of the molecule is CC(C)(C)c1ccc(CC(=O)CC2(N)CCCC2)cc1. The van der Waals surface area contributed by atoms with Crippen molar-refractivity contribution < 1.29 is 4.79 Å². The summed E-state index contributed by atoms with van der Waals surface area (Å²) in [6, 6.07) is 8.43. The van der Waals surface area contributed by atoms with E-state index in [0.717, 1.165) is 18.4 Å². The van der Waals surface area contributed by atoms with Gasteiger partial charge < -0.3 is 5.73 Å². The van der Waals surface area contributed by atoms with Crippen LogP contribution in [0.2, 0.25) is 0 Å². The molecule has 2 heteroatoms. The minimum atomic E-state index is -0.220. The van der Waals surface area contributed by atoms with Gasteiger partial charge in [-0.05, 0) is 29.4 Å². The molecular weight excluding hydrogens is 246 g/mol. The van der Waals surface area contributed by atoms with Gasteiger partial charge >= 0.3 is 0 Å². The van der Waals surface area contributed by atoms with Gasteiger partial charge in [-0.2, -0.15) is 0 Å². The Morgan fingerprint density at radius 1 is 1.15 bits per heavy atom. The standard InChI is InChI=1S/C18H27NO/c1-17(2,3)15-8-6-14(7-9-15)12-16(20)13-18(19)10-4-5-11-18/h6-9H,4-5,10-13,19H2,1-3H3. The highest BCUT2D eigenvalue weighted by atomic mass is 16.1. The average Bonchev–Trinajstić information content (AvgIpc) is 2.74. The summed E-state index contributed by atoms with van der Waals surface area (Å²) in [6.07, 6.45) is 5.40. The third kappa shape index (κ3) is 3.92. The molecule has 1 fully saturated rings. The van der Waals surface area contributed by atoms with E-state index in [9.17, 15) is 4.79 Å². The Hall–Kier alpha value is -1.15. The molecule has 0 amide bonds. The number of carbonyl (C=O) groups is 1. The van der Waals surface area contributed by atoms with Crippen molar-refractivity contribution in [1.82, 2.24) is 0 Å². The molecule has 110 valence electrons. The van der Waals surface area contributed by atoms with Crippen LogP contribution in [0.3, 0.4) is 0 Å². The number of hydrogen-bond acceptors (Lipinski definition) is 2. The highest BCUT2D eigenvalue weighted by Gasteiger charge is 2.31. The Bertz CT molecular complexity index is 461. The van der Waals surface area contributed by atoms with Crippen molar-refractivity contribution in [1.29, 1.82) is 0 Å². The van der Waals surface area contributed by atoms with Gasteiger partial charge in [-0.1, -0.05) is 57.9 Å². The second-order valence-electron chi connectivity index (χ2n) is 7.41. The molecule has 0 spiro atoms. The Balaban J connectivity index is 1.94. The number of ketones is 1. The maximum absolute atomic E-state index is 12.2. The van der Waals surface area contributed by atoms with Crippen molar-refractivity contribution in [3.63, 3.8) is 0 Å². The summed E-state index contributed by atoms with van der Waals surface area (Å²) in [4.78, 5) is 12.2. The second kappa shape index (κ2) is 5.69. The predicted molar refractivity (Wildman–Crippen MR) is 83.9 cm³/mol. The average molecular weight is 273 g/mol. The van der Waals surface area contributed by atoms with Crippen molar-refractivity contribution in [3.8, 4) is 0 Å². The topological polar surface area (TPSA) is 43.1 Å². The van der Waals surface area contributed by atoms with E-state index in [1.807, 2.05) is 0 Å². The first-order chi connectivity index (χ1) is 9.28. The molecule has 0 heterocycles. The lowest BCUT2D eigenvalue weighted by atomic mass is 9.86. The summed E-state index contributed by atoms with van der Waals surface area (Å²) in [6.45, 7) is 6.60. The molecule has 0 unspecified atom stereocenters. The first-order valence-electron chi connectivity index (χ1n) is 7.69. The Morgan fingerprint density at radius 2 is 1.70 bits per heavy atom. The minimum absolute atomic E-state index is 0.160. The van der Waals surface area contributed by atoms with Crippen LogP contribution in [0.25, 0.3) is 0 Å². The van der Waals surface area contributed by atoms with Gasteiger partial charge in [0.05, 0.1) is 0 Å². The van der Waals surface area contributed by atoms with Gasteiger partial charge in [0.25, 0.3) is 0 Å². The summed E-state index contributed by atoms with van der Waals surface area (Å²) in [7, 11) is 0. The van der Waals surface area contributed by atoms with Crippen molar-refractivity contribution >= 4 is 5.78 Å². The first-order valence-corrected chi connectivity index (χ1v) is 7.69. The number of nitrogens with two attached hydrogens (primary N) is 1. The molecule has 0 atom stereocenters. The third-order valence-electron chi connectivity index (χ3n) is 4.37. The van der Waals surface area contributed by atoms with E-state index >= 15 is 0 Å². The molecule has 1 aliphatic rings. The van der Waals surface area contributed by atoms with E-state index in [2.05, 4.69) is 45.0 Å². The van der Waals surface area contributed by atoms with Gasteiger partial charge in [0.1, 0.15) is 5.78 Å². The van der Waals surface area contributed by atoms with Crippen molar-refractivity contribution in [2.75, 3.05) is 0 Å². The first kappa shape index (κ1) is 15.2. The molecule has 0 bridgehead atoms. The molecule has 2 nitrogen and oxygen atoms in total. The van der Waals surface area contributed by atoms with Crippen LogP contribution in [0, 0.1) is 0 Å². The fourth-order valence-electron chi connectivity index (χ4n) is 3.06.